The molecule has 2 rings (SSSR count). The Morgan fingerprint density at radius 3 is 2.78 bits per heavy atom. The van der Waals surface area contributed by atoms with Gasteiger partial charge in [-0.2, -0.15) is 5.10 Å². The van der Waals surface area contributed by atoms with Gasteiger partial charge >= 0.3 is 0 Å². The van der Waals surface area contributed by atoms with Gasteiger partial charge < -0.3 is 16.2 Å². The molecule has 0 saturated carbocycles. The SMILES string of the molecule is COc1ccc(CN)c(-n2ccc(C(N)=O)n2)c1. The second-order valence-electron chi connectivity index (χ2n) is 3.71. The van der Waals surface area contributed by atoms with Crippen LogP contribution in [0.5, 0.6) is 5.75 Å². The van der Waals surface area contributed by atoms with Crippen LogP contribution in [0.2, 0.25) is 0 Å². The van der Waals surface area contributed by atoms with Gasteiger partial charge in [0.25, 0.3) is 5.91 Å². The number of carbonyl (C=O) groups excluding carboxylic acids is 1. The van der Waals surface area contributed by atoms with Gasteiger partial charge in [-0.25, -0.2) is 4.68 Å². The van der Waals surface area contributed by atoms with E-state index in [1.807, 2.05) is 12.1 Å². The summed E-state index contributed by atoms with van der Waals surface area (Å²) >= 11 is 0. The fourth-order valence-electron chi connectivity index (χ4n) is 1.65. The molecule has 4 N–H and O–H groups in total. The number of methoxy groups -OCH3 is 1. The van der Waals surface area contributed by atoms with E-state index in [4.69, 9.17) is 16.2 Å². The Balaban J connectivity index is 2.50. The minimum Gasteiger partial charge on any atom is -0.497 e. The first-order valence-corrected chi connectivity index (χ1v) is 5.38. The lowest BCUT2D eigenvalue weighted by atomic mass is 10.1. The van der Waals surface area contributed by atoms with Crippen molar-refractivity contribution in [2.45, 2.75) is 6.54 Å². The number of nitrogens with two attached hydrogens (primary N) is 2. The van der Waals surface area contributed by atoms with Crippen molar-refractivity contribution in [1.82, 2.24) is 9.78 Å². The van der Waals surface area contributed by atoms with Crippen molar-refractivity contribution in [3.8, 4) is 11.4 Å². The van der Waals surface area contributed by atoms with Crippen molar-refractivity contribution in [1.29, 1.82) is 0 Å². The summed E-state index contributed by atoms with van der Waals surface area (Å²) in [6.07, 6.45) is 1.66. The Morgan fingerprint density at radius 2 is 2.22 bits per heavy atom. The number of benzene rings is 1. The van der Waals surface area contributed by atoms with Gasteiger partial charge in [0.05, 0.1) is 12.8 Å². The van der Waals surface area contributed by atoms with Crippen LogP contribution in [-0.2, 0) is 6.54 Å². The molecule has 0 atom stereocenters. The summed E-state index contributed by atoms with van der Waals surface area (Å²) in [5.74, 6) is 0.129. The lowest BCUT2D eigenvalue weighted by molar-refractivity contribution is 0.0995. The molecular formula is C12H14N4O2. The van der Waals surface area contributed by atoms with Gasteiger partial charge in [0, 0.05) is 18.8 Å². The Kier molecular flexibility index (Phi) is 3.29. The normalized spacial score (nSPS) is 10.3. The summed E-state index contributed by atoms with van der Waals surface area (Å²) in [6, 6.07) is 7.05. The summed E-state index contributed by atoms with van der Waals surface area (Å²) in [4.78, 5) is 11.0. The van der Waals surface area contributed by atoms with Crippen molar-refractivity contribution in [3.05, 3.63) is 41.7 Å². The van der Waals surface area contributed by atoms with Crippen molar-refractivity contribution >= 4 is 5.91 Å². The maximum Gasteiger partial charge on any atom is 0.269 e. The first kappa shape index (κ1) is 12.1. The third-order valence-electron chi connectivity index (χ3n) is 2.60. The van der Waals surface area contributed by atoms with E-state index < -0.39 is 5.91 Å². The van der Waals surface area contributed by atoms with Gasteiger partial charge in [-0.3, -0.25) is 4.79 Å². The van der Waals surface area contributed by atoms with Gasteiger partial charge in [0.1, 0.15) is 11.4 Å². The lowest BCUT2D eigenvalue weighted by Crippen LogP contribution is -2.13. The van der Waals surface area contributed by atoms with Crippen molar-refractivity contribution in [2.75, 3.05) is 7.11 Å². The van der Waals surface area contributed by atoms with Gasteiger partial charge in [0.15, 0.2) is 0 Å². The molecular weight excluding hydrogens is 232 g/mol. The summed E-state index contributed by atoms with van der Waals surface area (Å²) in [5, 5.41) is 4.10. The smallest absolute Gasteiger partial charge is 0.269 e. The van der Waals surface area contributed by atoms with Crippen LogP contribution in [0.3, 0.4) is 0 Å². The molecule has 0 aliphatic carbocycles. The van der Waals surface area contributed by atoms with E-state index in [0.29, 0.717) is 12.3 Å². The molecule has 18 heavy (non-hydrogen) atoms. The molecule has 1 amide bonds. The number of carbonyl (C=O) groups is 1. The third-order valence-corrected chi connectivity index (χ3v) is 2.60. The number of ether oxygens (including phenoxy) is 1. The molecule has 0 spiro atoms. The molecule has 0 radical (unpaired) electrons. The molecule has 94 valence electrons. The summed E-state index contributed by atoms with van der Waals surface area (Å²) in [7, 11) is 1.58. The van der Waals surface area contributed by atoms with Gasteiger partial charge in [-0.15, -0.1) is 0 Å². The van der Waals surface area contributed by atoms with Gasteiger partial charge in [0.2, 0.25) is 0 Å². The Bertz CT molecular complexity index is 577. The average Bonchev–Trinajstić information content (AvgIpc) is 2.87. The highest BCUT2D eigenvalue weighted by Crippen LogP contribution is 2.20. The molecule has 0 aliphatic rings. The summed E-state index contributed by atoms with van der Waals surface area (Å²) < 4.78 is 6.72. The van der Waals surface area contributed by atoms with Crippen LogP contribution in [0.1, 0.15) is 16.1 Å². The number of hydrogen-bond acceptors (Lipinski definition) is 4. The van der Waals surface area contributed by atoms with Gasteiger partial charge in [-0.1, -0.05) is 6.07 Å². The van der Waals surface area contributed by atoms with Crippen LogP contribution in [0.4, 0.5) is 0 Å². The second kappa shape index (κ2) is 4.89. The number of nitrogens with zero attached hydrogens (tertiary/aromatic N) is 2. The van der Waals surface area contributed by atoms with Gasteiger partial charge in [-0.05, 0) is 17.7 Å². The third kappa shape index (κ3) is 2.18. The number of amides is 1. The molecule has 1 aromatic heterocycles. The zero-order valence-electron chi connectivity index (χ0n) is 9.96. The van der Waals surface area contributed by atoms with Crippen LogP contribution in [-0.4, -0.2) is 22.8 Å². The molecule has 6 heteroatoms. The standard InChI is InChI=1S/C12H14N4O2/c1-18-9-3-2-8(7-13)11(6-9)16-5-4-10(15-16)12(14)17/h2-6H,7,13H2,1H3,(H2,14,17). The number of rotatable bonds is 4. The van der Waals surface area contributed by atoms with E-state index in [1.165, 1.54) is 0 Å². The highest BCUT2D eigenvalue weighted by atomic mass is 16.5. The van der Waals surface area contributed by atoms with E-state index in [-0.39, 0.29) is 5.69 Å². The Morgan fingerprint density at radius 1 is 1.44 bits per heavy atom. The van der Waals surface area contributed by atoms with E-state index >= 15 is 0 Å². The quantitative estimate of drug-likeness (QED) is 0.818. The molecule has 1 heterocycles. The fraction of sp³-hybridized carbons (Fsp3) is 0.167. The zero-order chi connectivity index (χ0) is 13.1. The molecule has 0 fully saturated rings. The predicted octanol–water partition coefficient (Wildman–Crippen LogP) is 0.439. The van der Waals surface area contributed by atoms with Crippen molar-refractivity contribution < 1.29 is 9.53 Å². The van der Waals surface area contributed by atoms with Crippen LogP contribution >= 0.6 is 0 Å². The minimum absolute atomic E-state index is 0.209. The van der Waals surface area contributed by atoms with Crippen LogP contribution in [0.25, 0.3) is 5.69 Å². The molecule has 0 saturated heterocycles. The average molecular weight is 246 g/mol. The summed E-state index contributed by atoms with van der Waals surface area (Å²) in [6.45, 7) is 0.366. The monoisotopic (exact) mass is 246 g/mol. The van der Waals surface area contributed by atoms with E-state index in [1.54, 1.807) is 30.1 Å². The minimum atomic E-state index is -0.564. The Hall–Kier alpha value is -2.34. The van der Waals surface area contributed by atoms with Crippen molar-refractivity contribution in [2.24, 2.45) is 11.5 Å². The molecule has 0 unspecified atom stereocenters. The molecule has 0 bridgehead atoms. The molecule has 0 aliphatic heterocycles. The predicted molar refractivity (Wildman–Crippen MR) is 66.5 cm³/mol. The lowest BCUT2D eigenvalue weighted by Gasteiger charge is -2.09. The highest BCUT2D eigenvalue weighted by molar-refractivity contribution is 5.90. The fourth-order valence-corrected chi connectivity index (χ4v) is 1.65. The maximum absolute atomic E-state index is 11.0. The van der Waals surface area contributed by atoms with Crippen LogP contribution < -0.4 is 16.2 Å². The summed E-state index contributed by atoms with van der Waals surface area (Å²) in [5.41, 5.74) is 12.7. The molecule has 1 aromatic carbocycles. The first-order valence-electron chi connectivity index (χ1n) is 5.38. The van der Waals surface area contributed by atoms with Crippen LogP contribution in [0.15, 0.2) is 30.5 Å². The first-order chi connectivity index (χ1) is 8.65. The van der Waals surface area contributed by atoms with E-state index in [2.05, 4.69) is 5.10 Å². The highest BCUT2D eigenvalue weighted by Gasteiger charge is 2.09. The van der Waals surface area contributed by atoms with Crippen LogP contribution in [0, 0.1) is 0 Å². The number of hydrogen-bond donors (Lipinski definition) is 2. The topological polar surface area (TPSA) is 96.2 Å². The molecule has 2 aromatic rings. The number of aromatic nitrogens is 2. The van der Waals surface area contributed by atoms with E-state index in [0.717, 1.165) is 11.3 Å². The Labute approximate surface area is 104 Å². The van der Waals surface area contributed by atoms with Crippen molar-refractivity contribution in [3.63, 3.8) is 0 Å². The largest absolute Gasteiger partial charge is 0.497 e. The maximum atomic E-state index is 11.0. The number of primary amides is 1. The second-order valence-corrected chi connectivity index (χ2v) is 3.71. The zero-order valence-corrected chi connectivity index (χ0v) is 9.96. The van der Waals surface area contributed by atoms with E-state index in [9.17, 15) is 4.79 Å². The molecule has 6 nitrogen and oxygen atoms in total.